The van der Waals surface area contributed by atoms with E-state index in [0.29, 0.717) is 5.92 Å². The Morgan fingerprint density at radius 3 is 2.62 bits per heavy atom. The van der Waals surface area contributed by atoms with Gasteiger partial charge in [0.2, 0.25) is 0 Å². The average molecular weight is 103 g/mol. The van der Waals surface area contributed by atoms with Crippen LogP contribution in [0.15, 0.2) is 36.0 Å². The predicted molar refractivity (Wildman–Crippen MR) is 34.2 cm³/mol. The summed E-state index contributed by atoms with van der Waals surface area (Å²) in [6.07, 6.45) is 12.9. The van der Waals surface area contributed by atoms with Gasteiger partial charge in [-0.15, -0.1) is 0 Å². The van der Waals surface area contributed by atoms with Crippen molar-refractivity contribution in [1.82, 2.24) is 0 Å². The molecule has 0 nitrogen and oxygen atoms in total. The van der Waals surface area contributed by atoms with Crippen LogP contribution in [0.1, 0.15) is 0 Å². The van der Waals surface area contributed by atoms with Crippen molar-refractivity contribution in [3.8, 4) is 0 Å². The molecule has 39 valence electrons. The fraction of sp³-hybridized carbons (Fsp3) is 0.125. The standard InChI is InChI=1S/C8H7/c1-2-4-8-6-5-7(8)3-1/h1-7H. The summed E-state index contributed by atoms with van der Waals surface area (Å²) in [6, 6.07) is 0. The smallest absolute Gasteiger partial charge is 0.00900 e. The highest BCUT2D eigenvalue weighted by molar-refractivity contribution is 5.45. The van der Waals surface area contributed by atoms with Gasteiger partial charge in [0.15, 0.2) is 0 Å². The largest absolute Gasteiger partial charge is 0.0799 e. The van der Waals surface area contributed by atoms with Gasteiger partial charge in [-0.25, -0.2) is 0 Å². The molecule has 0 amide bonds. The van der Waals surface area contributed by atoms with E-state index in [0.717, 1.165) is 0 Å². The van der Waals surface area contributed by atoms with Crippen molar-refractivity contribution >= 4 is 0 Å². The second-order valence-electron chi connectivity index (χ2n) is 2.13. The van der Waals surface area contributed by atoms with E-state index in [4.69, 9.17) is 0 Å². The first kappa shape index (κ1) is 4.13. The van der Waals surface area contributed by atoms with Crippen molar-refractivity contribution in [2.75, 3.05) is 0 Å². The van der Waals surface area contributed by atoms with E-state index in [1.807, 2.05) is 0 Å². The maximum Gasteiger partial charge on any atom is 0.00900 e. The lowest BCUT2D eigenvalue weighted by atomic mass is 9.83. The molecule has 0 bridgehead atoms. The molecule has 2 aliphatic rings. The molecule has 1 atom stereocenters. The minimum atomic E-state index is 0.653. The summed E-state index contributed by atoms with van der Waals surface area (Å²) >= 11 is 0. The summed E-state index contributed by atoms with van der Waals surface area (Å²) in [6.45, 7) is 0. The molecule has 0 aromatic carbocycles. The summed E-state index contributed by atoms with van der Waals surface area (Å²) in [5.41, 5.74) is 1.45. The quantitative estimate of drug-likeness (QED) is 0.439. The molecule has 0 aromatic heterocycles. The van der Waals surface area contributed by atoms with Gasteiger partial charge in [0.25, 0.3) is 0 Å². The molecule has 8 heavy (non-hydrogen) atoms. The maximum absolute atomic E-state index is 2.20. The highest BCUT2D eigenvalue weighted by Crippen LogP contribution is 2.29. The van der Waals surface area contributed by atoms with E-state index < -0.39 is 0 Å². The molecule has 0 heterocycles. The predicted octanol–water partition coefficient (Wildman–Crippen LogP) is 1.87. The lowest BCUT2D eigenvalue weighted by molar-refractivity contribution is 0.878. The Hall–Kier alpha value is -0.780. The van der Waals surface area contributed by atoms with Gasteiger partial charge in [0.1, 0.15) is 0 Å². The molecule has 0 heteroatoms. The highest BCUT2D eigenvalue weighted by Gasteiger charge is 2.15. The Morgan fingerprint density at radius 1 is 1.25 bits per heavy atom. The monoisotopic (exact) mass is 103 g/mol. The molecule has 0 saturated carbocycles. The van der Waals surface area contributed by atoms with Crippen LogP contribution in [-0.4, -0.2) is 0 Å². The van der Waals surface area contributed by atoms with Crippen molar-refractivity contribution < 1.29 is 0 Å². The minimum absolute atomic E-state index is 0.653. The Balaban J connectivity index is 2.36. The Kier molecular flexibility index (Phi) is 0.696. The average Bonchev–Trinajstić information content (AvgIpc) is 1.72. The molecule has 1 unspecified atom stereocenters. The topological polar surface area (TPSA) is 0 Å². The fourth-order valence-electron chi connectivity index (χ4n) is 1.01. The van der Waals surface area contributed by atoms with E-state index >= 15 is 0 Å². The zero-order valence-corrected chi connectivity index (χ0v) is 4.54. The molecule has 0 aromatic rings. The second kappa shape index (κ2) is 1.35. The number of hydrogen-bond donors (Lipinski definition) is 0. The zero-order valence-electron chi connectivity index (χ0n) is 4.54. The van der Waals surface area contributed by atoms with Gasteiger partial charge in [-0.05, 0) is 12.0 Å². The normalized spacial score (nSPS) is 31.0. The molecule has 2 rings (SSSR count). The van der Waals surface area contributed by atoms with Crippen molar-refractivity contribution in [3.05, 3.63) is 42.4 Å². The molecule has 0 fully saturated rings. The third-order valence-corrected chi connectivity index (χ3v) is 1.60. The zero-order chi connectivity index (χ0) is 5.40. The molecular weight excluding hydrogens is 96.1 g/mol. The van der Waals surface area contributed by atoms with Crippen LogP contribution in [0, 0.1) is 12.3 Å². The molecule has 0 spiro atoms. The van der Waals surface area contributed by atoms with Crippen LogP contribution in [0.4, 0.5) is 0 Å². The van der Waals surface area contributed by atoms with Crippen LogP contribution >= 0.6 is 0 Å². The Bertz CT molecular complexity index is 180. The molecule has 2 aliphatic carbocycles. The minimum Gasteiger partial charge on any atom is -0.0799 e. The first-order valence-corrected chi connectivity index (χ1v) is 2.87. The first-order chi connectivity index (χ1) is 3.97. The number of rotatable bonds is 0. The van der Waals surface area contributed by atoms with Crippen LogP contribution in [0.2, 0.25) is 0 Å². The van der Waals surface area contributed by atoms with Crippen LogP contribution in [0.25, 0.3) is 0 Å². The van der Waals surface area contributed by atoms with Crippen molar-refractivity contribution in [3.63, 3.8) is 0 Å². The Labute approximate surface area is 49.2 Å². The summed E-state index contributed by atoms with van der Waals surface area (Å²) in [7, 11) is 0. The van der Waals surface area contributed by atoms with Gasteiger partial charge in [-0.3, -0.25) is 0 Å². The van der Waals surface area contributed by atoms with Gasteiger partial charge in [-0.2, -0.15) is 0 Å². The molecule has 0 saturated heterocycles. The fourth-order valence-corrected chi connectivity index (χ4v) is 1.01. The summed E-state index contributed by atoms with van der Waals surface area (Å²) in [5.74, 6) is 0.653. The number of hydrogen-bond acceptors (Lipinski definition) is 0. The third kappa shape index (κ3) is 0.401. The number of fused-ring (bicyclic) bond motifs is 1. The van der Waals surface area contributed by atoms with Crippen LogP contribution in [-0.2, 0) is 0 Å². The van der Waals surface area contributed by atoms with Gasteiger partial charge in [0, 0.05) is 5.92 Å². The third-order valence-electron chi connectivity index (χ3n) is 1.60. The van der Waals surface area contributed by atoms with Crippen molar-refractivity contribution in [1.29, 1.82) is 0 Å². The molecule has 0 aliphatic heterocycles. The molecular formula is C8H7. The molecule has 0 N–H and O–H groups in total. The second-order valence-corrected chi connectivity index (χ2v) is 2.13. The van der Waals surface area contributed by atoms with Crippen molar-refractivity contribution in [2.24, 2.45) is 5.92 Å². The summed E-state index contributed by atoms with van der Waals surface area (Å²) < 4.78 is 0. The van der Waals surface area contributed by atoms with E-state index in [9.17, 15) is 0 Å². The van der Waals surface area contributed by atoms with Crippen molar-refractivity contribution in [2.45, 2.75) is 0 Å². The molecule has 1 radical (unpaired) electrons. The highest BCUT2D eigenvalue weighted by atomic mass is 14.2. The maximum atomic E-state index is 2.20. The summed E-state index contributed by atoms with van der Waals surface area (Å²) in [4.78, 5) is 0. The summed E-state index contributed by atoms with van der Waals surface area (Å²) in [5, 5.41) is 0. The van der Waals surface area contributed by atoms with E-state index in [1.165, 1.54) is 5.57 Å². The van der Waals surface area contributed by atoms with Gasteiger partial charge in [-0.1, -0.05) is 30.4 Å². The lowest BCUT2D eigenvalue weighted by Crippen LogP contribution is -2.08. The van der Waals surface area contributed by atoms with E-state index in [2.05, 4.69) is 36.8 Å². The SMILES string of the molecule is [CH]1C=CC=C2C=CC12. The van der Waals surface area contributed by atoms with Gasteiger partial charge in [0.05, 0.1) is 0 Å². The van der Waals surface area contributed by atoms with Gasteiger partial charge < -0.3 is 0 Å². The van der Waals surface area contributed by atoms with E-state index in [-0.39, 0.29) is 0 Å². The van der Waals surface area contributed by atoms with Crippen LogP contribution in [0.3, 0.4) is 0 Å². The first-order valence-electron chi connectivity index (χ1n) is 2.87. The Morgan fingerprint density at radius 2 is 2.25 bits per heavy atom. The number of allylic oxidation sites excluding steroid dienone is 6. The van der Waals surface area contributed by atoms with Crippen LogP contribution in [0.5, 0.6) is 0 Å². The van der Waals surface area contributed by atoms with E-state index in [1.54, 1.807) is 0 Å². The van der Waals surface area contributed by atoms with Crippen LogP contribution < -0.4 is 0 Å². The van der Waals surface area contributed by atoms with Gasteiger partial charge >= 0.3 is 0 Å². The lowest BCUT2D eigenvalue weighted by Gasteiger charge is -2.21.